The van der Waals surface area contributed by atoms with Crippen molar-refractivity contribution >= 4 is 22.6 Å². The van der Waals surface area contributed by atoms with Crippen LogP contribution in [0.15, 0.2) is 60.0 Å². The largest absolute Gasteiger partial charge is 0.457 e. The first-order valence-corrected chi connectivity index (χ1v) is 8.33. The summed E-state index contributed by atoms with van der Waals surface area (Å²) < 4.78 is 5.23. The van der Waals surface area contributed by atoms with Crippen LogP contribution in [0.25, 0.3) is 10.9 Å². The van der Waals surface area contributed by atoms with Crippen molar-refractivity contribution in [3.05, 3.63) is 66.1 Å². The number of aromatic amines is 1. The molecule has 3 aromatic rings. The fourth-order valence-corrected chi connectivity index (χ4v) is 2.47. The zero-order valence-electron chi connectivity index (χ0n) is 15.0. The average Bonchev–Trinajstić information content (AvgIpc) is 3.01. The molecule has 0 unspecified atom stereocenters. The molecule has 0 fully saturated rings. The standard InChI is InChI=1S/C20H21N3O3/c1-20(2,3)26-18(24)13-25-23-19(14-7-5-4-6-8-14)16-11-15-9-10-21-12-17(15)22-16/h4-12,22H,13H2,1-3H3. The van der Waals surface area contributed by atoms with Gasteiger partial charge in [0.05, 0.1) is 17.4 Å². The van der Waals surface area contributed by atoms with Gasteiger partial charge in [-0.05, 0) is 32.9 Å². The molecule has 0 amide bonds. The highest BCUT2D eigenvalue weighted by molar-refractivity contribution is 6.13. The Balaban J connectivity index is 1.85. The van der Waals surface area contributed by atoms with Crippen LogP contribution in [0, 0.1) is 0 Å². The number of nitrogens with one attached hydrogen (secondary N) is 1. The number of hydrogen-bond donors (Lipinski definition) is 1. The maximum absolute atomic E-state index is 11.8. The highest BCUT2D eigenvalue weighted by atomic mass is 16.7. The number of rotatable bonds is 5. The predicted molar refractivity (Wildman–Crippen MR) is 100.0 cm³/mol. The molecule has 0 aliphatic rings. The molecule has 0 saturated heterocycles. The highest BCUT2D eigenvalue weighted by Crippen LogP contribution is 2.17. The van der Waals surface area contributed by atoms with E-state index in [1.54, 1.807) is 12.4 Å². The van der Waals surface area contributed by atoms with E-state index in [-0.39, 0.29) is 6.61 Å². The molecule has 3 rings (SSSR count). The molecule has 0 bridgehead atoms. The van der Waals surface area contributed by atoms with E-state index >= 15 is 0 Å². The molecule has 6 nitrogen and oxygen atoms in total. The van der Waals surface area contributed by atoms with Crippen molar-refractivity contribution in [3.8, 4) is 0 Å². The molecule has 1 N–H and O–H groups in total. The van der Waals surface area contributed by atoms with E-state index in [2.05, 4.69) is 15.1 Å². The number of nitrogens with zero attached hydrogens (tertiary/aromatic N) is 2. The Morgan fingerprint density at radius 3 is 2.65 bits per heavy atom. The van der Waals surface area contributed by atoms with Gasteiger partial charge in [0, 0.05) is 17.1 Å². The summed E-state index contributed by atoms with van der Waals surface area (Å²) in [5.74, 6) is -0.463. The molecular weight excluding hydrogens is 330 g/mol. The van der Waals surface area contributed by atoms with E-state index in [1.807, 2.05) is 63.2 Å². The third kappa shape index (κ3) is 4.47. The minimum atomic E-state index is -0.559. The number of aromatic nitrogens is 2. The number of H-pyrrole nitrogens is 1. The molecule has 0 saturated carbocycles. The Bertz CT molecular complexity index is 891. The summed E-state index contributed by atoms with van der Waals surface area (Å²) in [6.07, 6.45) is 3.49. The number of carbonyl (C=O) groups is 1. The summed E-state index contributed by atoms with van der Waals surface area (Å²) in [5.41, 5.74) is 2.60. The van der Waals surface area contributed by atoms with E-state index in [1.165, 1.54) is 0 Å². The van der Waals surface area contributed by atoms with Crippen molar-refractivity contribution in [2.24, 2.45) is 5.16 Å². The summed E-state index contributed by atoms with van der Waals surface area (Å²) in [6, 6.07) is 13.5. The maximum atomic E-state index is 11.8. The van der Waals surface area contributed by atoms with E-state index in [0.717, 1.165) is 22.2 Å². The van der Waals surface area contributed by atoms with Crippen molar-refractivity contribution in [2.75, 3.05) is 6.61 Å². The van der Waals surface area contributed by atoms with Gasteiger partial charge in [-0.1, -0.05) is 35.5 Å². The second-order valence-corrected chi connectivity index (χ2v) is 6.81. The molecule has 2 aromatic heterocycles. The van der Waals surface area contributed by atoms with Crippen molar-refractivity contribution < 1.29 is 14.4 Å². The van der Waals surface area contributed by atoms with Gasteiger partial charge >= 0.3 is 5.97 Å². The van der Waals surface area contributed by atoms with Crippen LogP contribution in [0.5, 0.6) is 0 Å². The maximum Gasteiger partial charge on any atom is 0.347 e. The Kier molecular flexibility index (Phi) is 5.02. The second kappa shape index (κ2) is 7.39. The minimum absolute atomic E-state index is 0.255. The Morgan fingerprint density at radius 1 is 1.19 bits per heavy atom. The molecule has 6 heteroatoms. The summed E-state index contributed by atoms with van der Waals surface area (Å²) in [4.78, 5) is 24.5. The van der Waals surface area contributed by atoms with Crippen LogP contribution in [0.3, 0.4) is 0 Å². The number of esters is 1. The quantitative estimate of drug-likeness (QED) is 0.432. The topological polar surface area (TPSA) is 76.6 Å². The number of hydrogen-bond acceptors (Lipinski definition) is 5. The lowest BCUT2D eigenvalue weighted by molar-refractivity contribution is -0.160. The number of pyridine rings is 1. The first-order chi connectivity index (χ1) is 12.4. The summed E-state index contributed by atoms with van der Waals surface area (Å²) in [6.45, 7) is 5.17. The van der Waals surface area contributed by atoms with Gasteiger partial charge in [0.25, 0.3) is 0 Å². The molecule has 0 spiro atoms. The van der Waals surface area contributed by atoms with Crippen molar-refractivity contribution in [1.82, 2.24) is 9.97 Å². The van der Waals surface area contributed by atoms with Crippen molar-refractivity contribution in [3.63, 3.8) is 0 Å². The average molecular weight is 351 g/mol. The second-order valence-electron chi connectivity index (χ2n) is 6.81. The summed E-state index contributed by atoms with van der Waals surface area (Å²) >= 11 is 0. The van der Waals surface area contributed by atoms with Gasteiger partial charge < -0.3 is 14.6 Å². The van der Waals surface area contributed by atoms with Crippen LogP contribution in [0.1, 0.15) is 32.0 Å². The van der Waals surface area contributed by atoms with Crippen LogP contribution in [0.2, 0.25) is 0 Å². The van der Waals surface area contributed by atoms with Crippen LogP contribution in [-0.2, 0) is 14.4 Å². The molecule has 0 aliphatic heterocycles. The third-order valence-electron chi connectivity index (χ3n) is 3.48. The Hall–Kier alpha value is -3.15. The van der Waals surface area contributed by atoms with E-state index < -0.39 is 11.6 Å². The van der Waals surface area contributed by atoms with Gasteiger partial charge in [0.1, 0.15) is 11.3 Å². The van der Waals surface area contributed by atoms with Crippen molar-refractivity contribution in [1.29, 1.82) is 0 Å². The van der Waals surface area contributed by atoms with E-state index in [4.69, 9.17) is 9.57 Å². The lowest BCUT2D eigenvalue weighted by Crippen LogP contribution is -2.26. The molecule has 0 radical (unpaired) electrons. The third-order valence-corrected chi connectivity index (χ3v) is 3.48. The molecular formula is C20H21N3O3. The Labute approximate surface area is 151 Å². The molecule has 134 valence electrons. The van der Waals surface area contributed by atoms with E-state index in [0.29, 0.717) is 5.71 Å². The van der Waals surface area contributed by atoms with Crippen LogP contribution in [-0.4, -0.2) is 33.9 Å². The number of ether oxygens (including phenoxy) is 1. The van der Waals surface area contributed by atoms with Gasteiger partial charge in [-0.3, -0.25) is 4.98 Å². The molecule has 0 atom stereocenters. The van der Waals surface area contributed by atoms with Gasteiger partial charge in [0.2, 0.25) is 6.61 Å². The van der Waals surface area contributed by atoms with Crippen LogP contribution >= 0.6 is 0 Å². The van der Waals surface area contributed by atoms with Gasteiger partial charge in [0.15, 0.2) is 0 Å². The fraction of sp³-hybridized carbons (Fsp3) is 0.250. The fourth-order valence-electron chi connectivity index (χ4n) is 2.47. The predicted octanol–water partition coefficient (Wildman–Crippen LogP) is 3.67. The lowest BCUT2D eigenvalue weighted by Gasteiger charge is -2.18. The lowest BCUT2D eigenvalue weighted by atomic mass is 10.1. The van der Waals surface area contributed by atoms with E-state index in [9.17, 15) is 4.79 Å². The number of benzene rings is 1. The highest BCUT2D eigenvalue weighted by Gasteiger charge is 2.17. The normalized spacial score (nSPS) is 12.2. The number of carbonyl (C=O) groups excluding carboxylic acids is 1. The summed E-state index contributed by atoms with van der Waals surface area (Å²) in [7, 11) is 0. The number of oxime groups is 1. The van der Waals surface area contributed by atoms with Gasteiger partial charge in [-0.25, -0.2) is 4.79 Å². The number of fused-ring (bicyclic) bond motifs is 1. The first-order valence-electron chi connectivity index (χ1n) is 8.33. The molecule has 1 aromatic carbocycles. The molecule has 2 heterocycles. The van der Waals surface area contributed by atoms with Crippen LogP contribution < -0.4 is 0 Å². The SMILES string of the molecule is CC(C)(C)OC(=O)CON=C(c1ccccc1)c1cc2ccncc2[nH]1. The molecule has 0 aliphatic carbocycles. The smallest absolute Gasteiger partial charge is 0.347 e. The zero-order chi connectivity index (χ0) is 18.6. The Morgan fingerprint density at radius 2 is 1.96 bits per heavy atom. The first kappa shape index (κ1) is 17.7. The van der Waals surface area contributed by atoms with Crippen LogP contribution in [0.4, 0.5) is 0 Å². The zero-order valence-corrected chi connectivity index (χ0v) is 15.0. The van der Waals surface area contributed by atoms with Gasteiger partial charge in [-0.15, -0.1) is 0 Å². The molecule has 26 heavy (non-hydrogen) atoms. The summed E-state index contributed by atoms with van der Waals surface area (Å²) in [5, 5.41) is 5.21. The van der Waals surface area contributed by atoms with Crippen molar-refractivity contribution in [2.45, 2.75) is 26.4 Å². The van der Waals surface area contributed by atoms with Gasteiger partial charge in [-0.2, -0.15) is 0 Å². The monoisotopic (exact) mass is 351 g/mol. The minimum Gasteiger partial charge on any atom is -0.457 e.